The number of halogens is 4. The van der Waals surface area contributed by atoms with E-state index in [1.807, 2.05) is 6.92 Å². The number of carbonyl (C=O) groups is 2. The molecule has 0 bridgehead atoms. The molecule has 1 aromatic heterocycles. The summed E-state index contributed by atoms with van der Waals surface area (Å²) >= 11 is 15.7. The van der Waals surface area contributed by atoms with E-state index in [2.05, 4.69) is 36.5 Å². The molecule has 0 aliphatic rings. The summed E-state index contributed by atoms with van der Waals surface area (Å²) in [5, 5.41) is 6.54. The molecule has 11 heteroatoms. The number of amides is 2. The number of fused-ring (bicyclic) bond motifs is 1. The van der Waals surface area contributed by atoms with Crippen LogP contribution >= 0.6 is 51.5 Å². The van der Waals surface area contributed by atoms with E-state index in [4.69, 9.17) is 27.9 Å². The highest BCUT2D eigenvalue weighted by atomic mass is 79.9. The lowest BCUT2D eigenvalue weighted by atomic mass is 10.1. The van der Waals surface area contributed by atoms with Gasteiger partial charge in [-0.2, -0.15) is 0 Å². The second kappa shape index (κ2) is 11.4. The number of benzene rings is 3. The van der Waals surface area contributed by atoms with Gasteiger partial charge in [0.25, 0.3) is 11.8 Å². The van der Waals surface area contributed by atoms with Crippen molar-refractivity contribution in [1.29, 1.82) is 0 Å². The minimum Gasteiger partial charge on any atom is -0.377 e. The largest absolute Gasteiger partial charge is 0.377 e. The molecule has 0 fully saturated rings. The predicted octanol–water partition coefficient (Wildman–Crippen LogP) is 7.01. The van der Waals surface area contributed by atoms with Gasteiger partial charge in [0.1, 0.15) is 17.9 Å². The Morgan fingerprint density at radius 2 is 1.77 bits per heavy atom. The van der Waals surface area contributed by atoms with Crippen LogP contribution in [0, 0.1) is 6.92 Å². The monoisotopic (exact) mass is 596 g/mol. The van der Waals surface area contributed by atoms with Crippen LogP contribution in [-0.2, 0) is 11.3 Å². The van der Waals surface area contributed by atoms with Gasteiger partial charge in [0, 0.05) is 28.0 Å². The second-order valence-corrected chi connectivity index (χ2v) is 9.21. The van der Waals surface area contributed by atoms with Gasteiger partial charge in [-0.1, -0.05) is 45.2 Å². The second-order valence-electron chi connectivity index (χ2n) is 7.48. The van der Waals surface area contributed by atoms with Crippen LogP contribution in [-0.4, -0.2) is 28.9 Å². The van der Waals surface area contributed by atoms with E-state index in [-0.39, 0.29) is 24.6 Å². The summed E-state index contributed by atoms with van der Waals surface area (Å²) < 4.78 is 5.88. The van der Waals surface area contributed by atoms with E-state index in [1.54, 1.807) is 55.6 Å². The first-order valence-corrected chi connectivity index (χ1v) is 11.7. The topological polar surface area (TPSA) is 96.1 Å². The lowest BCUT2D eigenvalue weighted by Gasteiger charge is -2.12. The Bertz CT molecular complexity index is 1420. The zero-order valence-electron chi connectivity index (χ0n) is 18.5. The average molecular weight is 599 g/mol. The van der Waals surface area contributed by atoms with Gasteiger partial charge >= 0.3 is 0 Å². The Hall–Kier alpha value is -2.62. The summed E-state index contributed by atoms with van der Waals surface area (Å²) in [5.74, 6) is -0.272. The molecular weight excluding hydrogens is 579 g/mol. The standard InChI is InChI=1S/C24H19BrCl2N4O3.ClH/c1-12-17(26)4-3-5-19(12)30-24(33)16-9-14(10-20-22(16)31-21(29-20)11-34-2)28-23(32)15-8-13(25)6-7-18(15)27;/h3-10H,11H2,1-2H3,(H,28,32)(H,29,31)(H,30,33);1H. The maximum Gasteiger partial charge on any atom is 0.258 e. The number of carbonyl (C=O) groups excluding carboxylic acids is 2. The van der Waals surface area contributed by atoms with E-state index in [0.717, 1.165) is 5.56 Å². The maximum atomic E-state index is 13.3. The number of nitrogens with one attached hydrogen (secondary N) is 3. The van der Waals surface area contributed by atoms with Crippen LogP contribution in [0.25, 0.3) is 11.0 Å². The number of ether oxygens (including phenoxy) is 1. The Labute approximate surface area is 226 Å². The molecule has 7 nitrogen and oxygen atoms in total. The van der Waals surface area contributed by atoms with Crippen molar-refractivity contribution in [3.05, 3.63) is 85.6 Å². The normalized spacial score (nSPS) is 10.7. The highest BCUT2D eigenvalue weighted by Crippen LogP contribution is 2.28. The molecule has 3 N–H and O–H groups in total. The van der Waals surface area contributed by atoms with E-state index in [1.165, 1.54) is 0 Å². The molecule has 0 radical (unpaired) electrons. The first-order chi connectivity index (χ1) is 16.3. The number of imidazole rings is 1. The SMILES string of the molecule is COCc1nc2c(C(=O)Nc3cccc(Cl)c3C)cc(NC(=O)c3cc(Br)ccc3Cl)cc2[nH]1.Cl. The van der Waals surface area contributed by atoms with Crippen LogP contribution < -0.4 is 10.6 Å². The molecule has 4 aromatic rings. The number of aromatic amines is 1. The number of hydrogen-bond acceptors (Lipinski definition) is 4. The minimum atomic E-state index is -0.417. The minimum absolute atomic E-state index is 0. The van der Waals surface area contributed by atoms with Crippen LogP contribution in [0.4, 0.5) is 11.4 Å². The van der Waals surface area contributed by atoms with Gasteiger partial charge in [0.2, 0.25) is 0 Å². The van der Waals surface area contributed by atoms with Crippen molar-refractivity contribution in [3.8, 4) is 0 Å². The van der Waals surface area contributed by atoms with Crippen LogP contribution in [0.15, 0.2) is 53.0 Å². The first kappa shape index (κ1) is 27.0. The molecule has 4 rings (SSSR count). The molecule has 0 spiro atoms. The highest BCUT2D eigenvalue weighted by molar-refractivity contribution is 9.10. The maximum absolute atomic E-state index is 13.3. The molecule has 0 atom stereocenters. The van der Waals surface area contributed by atoms with Crippen molar-refractivity contribution >= 4 is 85.8 Å². The molecule has 0 aliphatic heterocycles. The molecule has 35 heavy (non-hydrogen) atoms. The molecule has 3 aromatic carbocycles. The molecule has 0 saturated carbocycles. The highest BCUT2D eigenvalue weighted by Gasteiger charge is 2.19. The predicted molar refractivity (Wildman–Crippen MR) is 145 cm³/mol. The number of aromatic nitrogens is 2. The lowest BCUT2D eigenvalue weighted by Crippen LogP contribution is -2.16. The summed E-state index contributed by atoms with van der Waals surface area (Å²) in [7, 11) is 1.55. The van der Waals surface area contributed by atoms with E-state index < -0.39 is 11.8 Å². The number of nitrogens with zero attached hydrogens (tertiary/aromatic N) is 1. The molecular formula is C24H20BrCl3N4O3. The zero-order chi connectivity index (χ0) is 24.4. The summed E-state index contributed by atoms with van der Waals surface area (Å²) in [6.45, 7) is 2.05. The van der Waals surface area contributed by atoms with Gasteiger partial charge in [-0.05, 0) is 55.0 Å². The fourth-order valence-electron chi connectivity index (χ4n) is 3.42. The molecule has 0 unspecified atom stereocenters. The summed E-state index contributed by atoms with van der Waals surface area (Å²) in [5.41, 5.74) is 3.29. The summed E-state index contributed by atoms with van der Waals surface area (Å²) in [6.07, 6.45) is 0. The summed E-state index contributed by atoms with van der Waals surface area (Å²) in [6, 6.07) is 13.5. The Morgan fingerprint density at radius 1 is 1.03 bits per heavy atom. The number of rotatable bonds is 6. The Kier molecular flexibility index (Phi) is 8.79. The molecule has 1 heterocycles. The average Bonchev–Trinajstić information content (AvgIpc) is 3.20. The summed E-state index contributed by atoms with van der Waals surface area (Å²) in [4.78, 5) is 33.8. The number of methoxy groups -OCH3 is 1. The van der Waals surface area contributed by atoms with Gasteiger partial charge in [0.15, 0.2) is 0 Å². The van der Waals surface area contributed by atoms with E-state index >= 15 is 0 Å². The molecule has 182 valence electrons. The van der Waals surface area contributed by atoms with Crippen LogP contribution in [0.2, 0.25) is 10.0 Å². The van der Waals surface area contributed by atoms with Gasteiger partial charge in [0.05, 0.1) is 21.7 Å². The van der Waals surface area contributed by atoms with Crippen molar-refractivity contribution < 1.29 is 14.3 Å². The van der Waals surface area contributed by atoms with Gasteiger partial charge in [-0.25, -0.2) is 4.98 Å². The third-order valence-corrected chi connectivity index (χ3v) is 6.34. The number of anilines is 2. The van der Waals surface area contributed by atoms with Crippen LogP contribution in [0.3, 0.4) is 0 Å². The van der Waals surface area contributed by atoms with Gasteiger partial charge < -0.3 is 20.4 Å². The van der Waals surface area contributed by atoms with Crippen molar-refractivity contribution in [1.82, 2.24) is 9.97 Å². The third-order valence-electron chi connectivity index (χ3n) is 5.11. The van der Waals surface area contributed by atoms with Crippen LogP contribution in [0.5, 0.6) is 0 Å². The van der Waals surface area contributed by atoms with Crippen molar-refractivity contribution in [2.75, 3.05) is 17.7 Å². The fourth-order valence-corrected chi connectivity index (χ4v) is 4.16. The smallest absolute Gasteiger partial charge is 0.258 e. The Balaban J connectivity index is 0.00000342. The zero-order valence-corrected chi connectivity index (χ0v) is 22.5. The molecule has 0 aliphatic carbocycles. The van der Waals surface area contributed by atoms with Crippen molar-refractivity contribution in [2.45, 2.75) is 13.5 Å². The van der Waals surface area contributed by atoms with Crippen LogP contribution in [0.1, 0.15) is 32.1 Å². The molecule has 2 amide bonds. The molecule has 0 saturated heterocycles. The first-order valence-electron chi connectivity index (χ1n) is 10.1. The number of hydrogen-bond donors (Lipinski definition) is 3. The Morgan fingerprint density at radius 3 is 2.51 bits per heavy atom. The fraction of sp³-hybridized carbons (Fsp3) is 0.125. The van der Waals surface area contributed by atoms with E-state index in [0.29, 0.717) is 48.3 Å². The third kappa shape index (κ3) is 5.97. The van der Waals surface area contributed by atoms with Crippen molar-refractivity contribution in [2.24, 2.45) is 0 Å². The van der Waals surface area contributed by atoms with E-state index in [9.17, 15) is 9.59 Å². The quantitative estimate of drug-likeness (QED) is 0.222. The van der Waals surface area contributed by atoms with Crippen molar-refractivity contribution in [3.63, 3.8) is 0 Å². The van der Waals surface area contributed by atoms with Gasteiger partial charge in [-0.15, -0.1) is 12.4 Å². The number of H-pyrrole nitrogens is 1. The van der Waals surface area contributed by atoms with Gasteiger partial charge in [-0.3, -0.25) is 9.59 Å². The lowest BCUT2D eigenvalue weighted by molar-refractivity contribution is 0.101.